The molecule has 1 aromatic heterocycles. The zero-order valence-electron chi connectivity index (χ0n) is 15.0. The number of carboxylic acids is 1. The fourth-order valence-electron chi connectivity index (χ4n) is 3.30. The number of hydrogen-bond donors (Lipinski definition) is 1. The largest absolute Gasteiger partial charge is 0.478 e. The number of ether oxygens (including phenoxy) is 2. The molecular weight excluding hydrogens is 344 g/mol. The van der Waals surface area contributed by atoms with Gasteiger partial charge >= 0.3 is 5.97 Å². The van der Waals surface area contributed by atoms with Gasteiger partial charge in [-0.05, 0) is 30.7 Å². The predicted octanol–water partition coefficient (Wildman–Crippen LogP) is 3.67. The van der Waals surface area contributed by atoms with Crippen LogP contribution in [0.5, 0.6) is 0 Å². The fourth-order valence-corrected chi connectivity index (χ4v) is 3.30. The van der Waals surface area contributed by atoms with Crippen LogP contribution in [0.2, 0.25) is 0 Å². The highest BCUT2D eigenvalue weighted by Gasteiger charge is 2.29. The van der Waals surface area contributed by atoms with E-state index in [-0.39, 0.29) is 11.7 Å². The molecule has 0 radical (unpaired) electrons. The Kier molecular flexibility index (Phi) is 4.75. The number of benzene rings is 2. The average Bonchev–Trinajstić information content (AvgIpc) is 3.05. The van der Waals surface area contributed by atoms with E-state index in [1.54, 1.807) is 22.9 Å². The predicted molar refractivity (Wildman–Crippen MR) is 98.9 cm³/mol. The van der Waals surface area contributed by atoms with Crippen molar-refractivity contribution in [3.63, 3.8) is 0 Å². The first kappa shape index (κ1) is 17.5. The monoisotopic (exact) mass is 364 g/mol. The molecule has 2 heterocycles. The number of aromatic nitrogens is 2. The van der Waals surface area contributed by atoms with Crippen LogP contribution in [0.4, 0.5) is 0 Å². The number of hydrogen-bond acceptors (Lipinski definition) is 4. The van der Waals surface area contributed by atoms with Gasteiger partial charge in [0.15, 0.2) is 0 Å². The second kappa shape index (κ2) is 7.34. The molecule has 0 bridgehead atoms. The number of carbonyl (C=O) groups is 1. The van der Waals surface area contributed by atoms with Crippen molar-refractivity contribution in [2.75, 3.05) is 6.61 Å². The van der Waals surface area contributed by atoms with Gasteiger partial charge in [0.25, 0.3) is 0 Å². The summed E-state index contributed by atoms with van der Waals surface area (Å²) in [5.41, 5.74) is 4.80. The molecule has 0 spiro atoms. The van der Waals surface area contributed by atoms with Crippen LogP contribution in [-0.4, -0.2) is 27.5 Å². The molecule has 4 rings (SSSR count). The Labute approximate surface area is 157 Å². The van der Waals surface area contributed by atoms with Gasteiger partial charge < -0.3 is 14.6 Å². The topological polar surface area (TPSA) is 73.6 Å². The summed E-state index contributed by atoms with van der Waals surface area (Å²) in [4.78, 5) is 11.3. The molecule has 0 amide bonds. The SMILES string of the molecule is Cc1nn(-c2cccc(C(=O)O)c2)c2c1COCC2OCc1ccccc1. The second-order valence-corrected chi connectivity index (χ2v) is 6.52. The molecule has 0 fully saturated rings. The lowest BCUT2D eigenvalue weighted by Crippen LogP contribution is -2.22. The Hall–Kier alpha value is -2.96. The summed E-state index contributed by atoms with van der Waals surface area (Å²) < 4.78 is 13.7. The molecule has 1 aliphatic rings. The van der Waals surface area contributed by atoms with Crippen LogP contribution in [0.1, 0.15) is 39.0 Å². The van der Waals surface area contributed by atoms with Crippen molar-refractivity contribution in [2.45, 2.75) is 26.2 Å². The average molecular weight is 364 g/mol. The van der Waals surface area contributed by atoms with E-state index < -0.39 is 5.97 Å². The maximum atomic E-state index is 11.3. The lowest BCUT2D eigenvalue weighted by Gasteiger charge is -2.25. The van der Waals surface area contributed by atoms with Gasteiger partial charge in [-0.2, -0.15) is 5.10 Å². The summed E-state index contributed by atoms with van der Waals surface area (Å²) in [6, 6.07) is 16.7. The van der Waals surface area contributed by atoms with E-state index >= 15 is 0 Å². The molecule has 1 unspecified atom stereocenters. The quantitative estimate of drug-likeness (QED) is 0.748. The third-order valence-corrected chi connectivity index (χ3v) is 4.68. The smallest absolute Gasteiger partial charge is 0.335 e. The van der Waals surface area contributed by atoms with Crippen molar-refractivity contribution in [2.24, 2.45) is 0 Å². The van der Waals surface area contributed by atoms with Gasteiger partial charge in [-0.25, -0.2) is 9.48 Å². The van der Waals surface area contributed by atoms with Crippen molar-refractivity contribution < 1.29 is 19.4 Å². The van der Waals surface area contributed by atoms with E-state index in [9.17, 15) is 9.90 Å². The number of aryl methyl sites for hydroxylation is 1. The van der Waals surface area contributed by atoms with Crippen LogP contribution in [0, 0.1) is 6.92 Å². The summed E-state index contributed by atoms with van der Waals surface area (Å²) in [6.45, 7) is 3.31. The maximum Gasteiger partial charge on any atom is 0.335 e. The van der Waals surface area contributed by atoms with E-state index in [0.29, 0.717) is 25.5 Å². The highest BCUT2D eigenvalue weighted by molar-refractivity contribution is 5.88. The van der Waals surface area contributed by atoms with Crippen molar-refractivity contribution in [1.29, 1.82) is 0 Å². The lowest BCUT2D eigenvalue weighted by molar-refractivity contribution is -0.0483. The van der Waals surface area contributed by atoms with Crippen molar-refractivity contribution in [3.05, 3.63) is 82.7 Å². The normalized spacial score (nSPS) is 16.1. The molecule has 3 aromatic rings. The molecule has 6 nitrogen and oxygen atoms in total. The van der Waals surface area contributed by atoms with Gasteiger partial charge in [0, 0.05) is 5.56 Å². The molecule has 1 N–H and O–H groups in total. The van der Waals surface area contributed by atoms with Crippen molar-refractivity contribution in [1.82, 2.24) is 9.78 Å². The van der Waals surface area contributed by atoms with Gasteiger partial charge in [0.2, 0.25) is 0 Å². The highest BCUT2D eigenvalue weighted by atomic mass is 16.5. The van der Waals surface area contributed by atoms with Crippen LogP contribution in [-0.2, 0) is 22.7 Å². The molecular formula is C21H20N2O4. The van der Waals surface area contributed by atoms with Crippen LogP contribution in [0.15, 0.2) is 54.6 Å². The fraction of sp³-hybridized carbons (Fsp3) is 0.238. The maximum absolute atomic E-state index is 11.3. The lowest BCUT2D eigenvalue weighted by atomic mass is 10.1. The molecule has 27 heavy (non-hydrogen) atoms. The number of carboxylic acid groups (broad SMARTS) is 1. The van der Waals surface area contributed by atoms with E-state index in [0.717, 1.165) is 22.5 Å². The van der Waals surface area contributed by atoms with Gasteiger partial charge in [0.1, 0.15) is 6.10 Å². The van der Waals surface area contributed by atoms with E-state index in [1.807, 2.05) is 43.3 Å². The Balaban J connectivity index is 1.69. The highest BCUT2D eigenvalue weighted by Crippen LogP contribution is 2.32. The molecule has 1 atom stereocenters. The van der Waals surface area contributed by atoms with Gasteiger partial charge in [-0.15, -0.1) is 0 Å². The van der Waals surface area contributed by atoms with Gasteiger partial charge in [0.05, 0.1) is 42.5 Å². The van der Waals surface area contributed by atoms with E-state index in [2.05, 4.69) is 5.10 Å². The first-order valence-electron chi connectivity index (χ1n) is 8.79. The first-order chi connectivity index (χ1) is 13.1. The van der Waals surface area contributed by atoms with Gasteiger partial charge in [-0.1, -0.05) is 36.4 Å². The number of nitrogens with zero attached hydrogens (tertiary/aromatic N) is 2. The number of aromatic carboxylic acids is 1. The first-order valence-corrected chi connectivity index (χ1v) is 8.79. The minimum atomic E-state index is -0.963. The minimum Gasteiger partial charge on any atom is -0.478 e. The zero-order chi connectivity index (χ0) is 18.8. The van der Waals surface area contributed by atoms with Gasteiger partial charge in [-0.3, -0.25) is 0 Å². The molecule has 0 aliphatic carbocycles. The minimum absolute atomic E-state index is 0.225. The summed E-state index contributed by atoms with van der Waals surface area (Å²) in [5.74, 6) is -0.963. The second-order valence-electron chi connectivity index (χ2n) is 6.52. The molecule has 6 heteroatoms. The molecule has 138 valence electrons. The van der Waals surface area contributed by atoms with Crippen LogP contribution < -0.4 is 0 Å². The summed E-state index contributed by atoms with van der Waals surface area (Å²) >= 11 is 0. The summed E-state index contributed by atoms with van der Waals surface area (Å²) in [5, 5.41) is 13.9. The molecule has 1 aliphatic heterocycles. The van der Waals surface area contributed by atoms with E-state index in [1.165, 1.54) is 0 Å². The van der Waals surface area contributed by atoms with E-state index in [4.69, 9.17) is 9.47 Å². The van der Waals surface area contributed by atoms with Crippen LogP contribution in [0.3, 0.4) is 0 Å². The number of fused-ring (bicyclic) bond motifs is 1. The Morgan fingerprint density at radius 1 is 1.26 bits per heavy atom. The zero-order valence-corrected chi connectivity index (χ0v) is 15.0. The molecule has 0 saturated heterocycles. The Bertz CT molecular complexity index is 966. The Morgan fingerprint density at radius 2 is 2.07 bits per heavy atom. The molecule has 2 aromatic carbocycles. The summed E-state index contributed by atoms with van der Waals surface area (Å²) in [7, 11) is 0. The van der Waals surface area contributed by atoms with Crippen molar-refractivity contribution >= 4 is 5.97 Å². The van der Waals surface area contributed by atoms with Crippen molar-refractivity contribution in [3.8, 4) is 5.69 Å². The molecule has 0 saturated carbocycles. The van der Waals surface area contributed by atoms with Crippen LogP contribution >= 0.6 is 0 Å². The third kappa shape index (κ3) is 3.49. The standard InChI is InChI=1S/C21H20N2O4/c1-14-18-12-26-13-19(27-11-15-6-3-2-4-7-15)20(18)23(22-14)17-9-5-8-16(10-17)21(24)25/h2-10,19H,11-13H2,1H3,(H,24,25). The third-order valence-electron chi connectivity index (χ3n) is 4.68. The number of rotatable bonds is 5. The Morgan fingerprint density at radius 3 is 2.85 bits per heavy atom. The van der Waals surface area contributed by atoms with Crippen LogP contribution in [0.25, 0.3) is 5.69 Å². The summed E-state index contributed by atoms with van der Waals surface area (Å²) in [6.07, 6.45) is -0.274.